The van der Waals surface area contributed by atoms with Gasteiger partial charge < -0.3 is 0 Å². The molecule has 0 atom stereocenters. The number of ketones is 2. The van der Waals surface area contributed by atoms with Gasteiger partial charge in [0.25, 0.3) is 0 Å². The first kappa shape index (κ1) is 12.1. The molecule has 0 fully saturated rings. The molecule has 0 saturated carbocycles. The number of hydrogen-bond donors (Lipinski definition) is 0. The lowest BCUT2D eigenvalue weighted by Crippen LogP contribution is -2.20. The molecule has 1 aliphatic rings. The van der Waals surface area contributed by atoms with Crippen molar-refractivity contribution >= 4 is 23.1 Å². The summed E-state index contributed by atoms with van der Waals surface area (Å²) in [6, 6.07) is 12.7. The van der Waals surface area contributed by atoms with E-state index >= 15 is 0 Å². The average molecular weight is 292 g/mol. The summed E-state index contributed by atoms with van der Waals surface area (Å²) in [6.07, 6.45) is 1.52. The molecule has 0 bridgehead atoms. The highest BCUT2D eigenvalue weighted by Gasteiger charge is 2.35. The third-order valence-electron chi connectivity index (χ3n) is 3.44. The molecular formula is C16H8N2O2S. The Kier molecular flexibility index (Phi) is 2.55. The van der Waals surface area contributed by atoms with Gasteiger partial charge in [0.2, 0.25) is 5.78 Å². The third kappa shape index (κ3) is 1.68. The fourth-order valence-electron chi connectivity index (χ4n) is 2.46. The second-order valence-corrected chi connectivity index (χ2v) is 5.43. The molecule has 1 aromatic carbocycles. The number of carbonyl (C=O) groups excluding carboxylic acids is 2. The van der Waals surface area contributed by atoms with Crippen molar-refractivity contribution in [1.82, 2.24) is 9.36 Å². The minimum Gasteiger partial charge on any atom is -0.288 e. The van der Waals surface area contributed by atoms with Crippen LogP contribution in [-0.4, -0.2) is 20.9 Å². The van der Waals surface area contributed by atoms with Gasteiger partial charge in [0.05, 0.1) is 16.8 Å². The van der Waals surface area contributed by atoms with Crippen molar-refractivity contribution in [3.8, 4) is 11.3 Å². The number of carbonyl (C=O) groups is 2. The van der Waals surface area contributed by atoms with Crippen LogP contribution < -0.4 is 0 Å². The van der Waals surface area contributed by atoms with Crippen LogP contribution in [0.3, 0.4) is 0 Å². The molecule has 0 spiro atoms. The Morgan fingerprint density at radius 1 is 0.857 bits per heavy atom. The van der Waals surface area contributed by atoms with Crippen LogP contribution in [0.15, 0.2) is 48.7 Å². The summed E-state index contributed by atoms with van der Waals surface area (Å²) in [7, 11) is 0. The Labute approximate surface area is 124 Å². The van der Waals surface area contributed by atoms with Crippen LogP contribution in [0.25, 0.3) is 11.3 Å². The molecular weight excluding hydrogens is 284 g/mol. The molecule has 4 nitrogen and oxygen atoms in total. The van der Waals surface area contributed by atoms with Gasteiger partial charge in [-0.1, -0.05) is 30.3 Å². The lowest BCUT2D eigenvalue weighted by atomic mass is 9.90. The van der Waals surface area contributed by atoms with Crippen molar-refractivity contribution < 1.29 is 9.59 Å². The lowest BCUT2D eigenvalue weighted by molar-refractivity contribution is 0.0979. The highest BCUT2D eigenvalue weighted by molar-refractivity contribution is 7.09. The maximum absolute atomic E-state index is 12.7. The van der Waals surface area contributed by atoms with Crippen LogP contribution in [0.1, 0.15) is 31.3 Å². The molecule has 0 amide bonds. The summed E-state index contributed by atoms with van der Waals surface area (Å²) >= 11 is 1.06. The molecule has 0 N–H and O–H groups in total. The normalized spacial score (nSPS) is 13.0. The Morgan fingerprint density at radius 3 is 2.48 bits per heavy atom. The Hall–Kier alpha value is -2.66. The number of benzene rings is 1. The van der Waals surface area contributed by atoms with Crippen molar-refractivity contribution in [2.45, 2.75) is 0 Å². The van der Waals surface area contributed by atoms with E-state index in [1.165, 1.54) is 6.20 Å². The topological polar surface area (TPSA) is 59.9 Å². The Morgan fingerprint density at radius 2 is 1.67 bits per heavy atom. The molecule has 21 heavy (non-hydrogen) atoms. The molecule has 5 heteroatoms. The van der Waals surface area contributed by atoms with E-state index in [1.54, 1.807) is 12.1 Å². The van der Waals surface area contributed by atoms with Gasteiger partial charge in [-0.3, -0.25) is 14.6 Å². The Balaban J connectivity index is 1.98. The zero-order valence-corrected chi connectivity index (χ0v) is 11.6. The van der Waals surface area contributed by atoms with Crippen molar-refractivity contribution in [2.24, 2.45) is 0 Å². The highest BCUT2D eigenvalue weighted by Crippen LogP contribution is 2.35. The second kappa shape index (κ2) is 4.43. The molecule has 0 radical (unpaired) electrons. The van der Waals surface area contributed by atoms with Gasteiger partial charge in [0, 0.05) is 11.8 Å². The van der Waals surface area contributed by atoms with Gasteiger partial charge in [-0.05, 0) is 23.7 Å². The van der Waals surface area contributed by atoms with Crippen molar-refractivity contribution in [3.05, 3.63) is 70.4 Å². The summed E-state index contributed by atoms with van der Waals surface area (Å²) in [5.41, 5.74) is 2.38. The number of fused-ring (bicyclic) bond motifs is 2. The van der Waals surface area contributed by atoms with E-state index in [1.807, 2.05) is 30.3 Å². The minimum absolute atomic E-state index is 0.180. The SMILES string of the molecule is O=C1c2ncccc2C(=O)c2c(-c3ccccc3)nsc21. The standard InChI is InChI=1S/C16H8N2O2S/c19-14-10-7-4-8-17-13(10)15(20)16-11(14)12(18-21-16)9-5-2-1-3-6-9/h1-8H. The molecule has 4 rings (SSSR count). The zero-order valence-electron chi connectivity index (χ0n) is 10.7. The fourth-order valence-corrected chi connectivity index (χ4v) is 3.30. The van der Waals surface area contributed by atoms with Crippen LogP contribution in [0.2, 0.25) is 0 Å². The molecule has 1 aliphatic carbocycles. The Bertz CT molecular complexity index is 884. The van der Waals surface area contributed by atoms with E-state index in [0.29, 0.717) is 21.7 Å². The molecule has 0 saturated heterocycles. The largest absolute Gasteiger partial charge is 0.288 e. The molecule has 100 valence electrons. The zero-order chi connectivity index (χ0) is 14.4. The van der Waals surface area contributed by atoms with Crippen LogP contribution in [-0.2, 0) is 0 Å². The van der Waals surface area contributed by atoms with Crippen LogP contribution in [0.4, 0.5) is 0 Å². The van der Waals surface area contributed by atoms with Gasteiger partial charge >= 0.3 is 0 Å². The molecule has 3 aromatic rings. The number of aromatic nitrogens is 2. The third-order valence-corrected chi connectivity index (χ3v) is 4.29. The quantitative estimate of drug-likeness (QED) is 0.541. The number of pyridine rings is 1. The van der Waals surface area contributed by atoms with Crippen LogP contribution >= 0.6 is 11.5 Å². The summed E-state index contributed by atoms with van der Waals surface area (Å²) in [5, 5.41) is 0. The van der Waals surface area contributed by atoms with Crippen molar-refractivity contribution in [3.63, 3.8) is 0 Å². The van der Waals surface area contributed by atoms with Gasteiger partial charge in [0.1, 0.15) is 10.6 Å². The first-order valence-corrected chi connectivity index (χ1v) is 7.14. The molecule has 0 unspecified atom stereocenters. The second-order valence-electron chi connectivity index (χ2n) is 4.66. The predicted octanol–water partition coefficient (Wildman–Crippen LogP) is 2.98. The summed E-state index contributed by atoms with van der Waals surface area (Å²) in [4.78, 5) is 29.6. The predicted molar refractivity (Wildman–Crippen MR) is 78.7 cm³/mol. The number of hydrogen-bond acceptors (Lipinski definition) is 5. The fraction of sp³-hybridized carbons (Fsp3) is 0. The van der Waals surface area contributed by atoms with Gasteiger partial charge in [-0.2, -0.15) is 4.37 Å². The first-order chi connectivity index (χ1) is 10.3. The number of rotatable bonds is 1. The first-order valence-electron chi connectivity index (χ1n) is 6.37. The molecule has 2 heterocycles. The van der Waals surface area contributed by atoms with E-state index < -0.39 is 0 Å². The van der Waals surface area contributed by atoms with Gasteiger partial charge in [-0.15, -0.1) is 0 Å². The molecule has 2 aromatic heterocycles. The minimum atomic E-state index is -0.222. The van der Waals surface area contributed by atoms with Crippen LogP contribution in [0.5, 0.6) is 0 Å². The summed E-state index contributed by atoms with van der Waals surface area (Å²) < 4.78 is 4.32. The van der Waals surface area contributed by atoms with E-state index in [2.05, 4.69) is 9.36 Å². The van der Waals surface area contributed by atoms with Gasteiger partial charge in [0.15, 0.2) is 5.78 Å². The maximum atomic E-state index is 12.7. The van der Waals surface area contributed by atoms with E-state index in [4.69, 9.17) is 0 Å². The summed E-state index contributed by atoms with van der Waals surface area (Å²) in [6.45, 7) is 0. The maximum Gasteiger partial charge on any atom is 0.224 e. The average Bonchev–Trinajstić information content (AvgIpc) is 2.99. The van der Waals surface area contributed by atoms with Crippen LogP contribution in [0, 0.1) is 0 Å². The highest BCUT2D eigenvalue weighted by atomic mass is 32.1. The van der Waals surface area contributed by atoms with E-state index in [-0.39, 0.29) is 17.3 Å². The monoisotopic (exact) mass is 292 g/mol. The number of nitrogens with zero attached hydrogens (tertiary/aromatic N) is 2. The van der Waals surface area contributed by atoms with E-state index in [9.17, 15) is 9.59 Å². The van der Waals surface area contributed by atoms with Crippen molar-refractivity contribution in [2.75, 3.05) is 0 Å². The summed E-state index contributed by atoms with van der Waals surface area (Å²) in [5.74, 6) is -0.403. The smallest absolute Gasteiger partial charge is 0.224 e. The van der Waals surface area contributed by atoms with Gasteiger partial charge in [-0.25, -0.2) is 0 Å². The van der Waals surface area contributed by atoms with Crippen molar-refractivity contribution in [1.29, 1.82) is 0 Å². The lowest BCUT2D eigenvalue weighted by Gasteiger charge is -2.13. The van der Waals surface area contributed by atoms with E-state index in [0.717, 1.165) is 17.1 Å². The molecule has 0 aliphatic heterocycles.